The molecule has 34 heavy (non-hydrogen) atoms. The van der Waals surface area contributed by atoms with E-state index in [2.05, 4.69) is 54.4 Å². The molecule has 1 aliphatic rings. The number of hydrogen-bond acceptors (Lipinski definition) is 7. The first-order chi connectivity index (χ1) is 16.2. The molecular formula is C25H32N6O2S. The lowest BCUT2D eigenvalue weighted by Crippen LogP contribution is -2.46. The molecule has 0 radical (unpaired) electrons. The van der Waals surface area contributed by atoms with Crippen LogP contribution in [0.4, 0.5) is 11.5 Å². The number of hydrogen-bond donors (Lipinski definition) is 2. The van der Waals surface area contributed by atoms with Gasteiger partial charge in [0.2, 0.25) is 0 Å². The summed E-state index contributed by atoms with van der Waals surface area (Å²) >= 11 is 1.71. The molecular weight excluding hydrogens is 448 g/mol. The van der Waals surface area contributed by atoms with Gasteiger partial charge in [0.1, 0.15) is 5.82 Å². The Morgan fingerprint density at radius 2 is 2.06 bits per heavy atom. The number of nitrogens with two attached hydrogens (primary N) is 1. The Hall–Kier alpha value is -3.04. The predicted octanol–water partition coefficient (Wildman–Crippen LogP) is 3.62. The minimum absolute atomic E-state index is 0.156. The Labute approximate surface area is 204 Å². The number of thiazole rings is 1. The topological polar surface area (TPSA) is 104 Å². The van der Waals surface area contributed by atoms with E-state index in [0.29, 0.717) is 24.0 Å². The van der Waals surface area contributed by atoms with Crippen LogP contribution in [0.1, 0.15) is 41.9 Å². The average molecular weight is 481 g/mol. The van der Waals surface area contributed by atoms with Crippen molar-refractivity contribution in [1.82, 2.24) is 19.8 Å². The lowest BCUT2D eigenvalue weighted by atomic mass is 9.89. The highest BCUT2D eigenvalue weighted by Crippen LogP contribution is 2.35. The van der Waals surface area contributed by atoms with Crippen LogP contribution in [0, 0.1) is 12.8 Å². The first kappa shape index (κ1) is 24.1. The SMILES string of the molecule is Cc1cc(NC(=O)C(=O)N2C[C@H](C)CC[C@H]2c2ccc3sc(CCN(C)C)nc3c2)cnc1N. The summed E-state index contributed by atoms with van der Waals surface area (Å²) in [5.74, 6) is -0.465. The van der Waals surface area contributed by atoms with Crippen LogP contribution in [-0.2, 0) is 16.0 Å². The molecule has 1 aromatic carbocycles. The summed E-state index contributed by atoms with van der Waals surface area (Å²) in [5, 5.41) is 3.80. The molecule has 9 heteroatoms. The minimum atomic E-state index is -0.661. The third-order valence-electron chi connectivity index (χ3n) is 6.26. The van der Waals surface area contributed by atoms with Crippen LogP contribution in [0.5, 0.6) is 0 Å². The summed E-state index contributed by atoms with van der Waals surface area (Å²) in [5.41, 5.74) is 8.94. The van der Waals surface area contributed by atoms with E-state index in [9.17, 15) is 9.59 Å². The maximum absolute atomic E-state index is 13.3. The largest absolute Gasteiger partial charge is 0.383 e. The van der Waals surface area contributed by atoms with Gasteiger partial charge >= 0.3 is 11.8 Å². The molecule has 0 aliphatic carbocycles. The van der Waals surface area contributed by atoms with Crippen molar-refractivity contribution in [1.29, 1.82) is 0 Å². The van der Waals surface area contributed by atoms with Gasteiger partial charge in [-0.3, -0.25) is 9.59 Å². The van der Waals surface area contributed by atoms with Crippen LogP contribution in [0.3, 0.4) is 0 Å². The number of nitrogens with one attached hydrogen (secondary N) is 1. The minimum Gasteiger partial charge on any atom is -0.383 e. The Balaban J connectivity index is 1.55. The van der Waals surface area contributed by atoms with Crippen molar-refractivity contribution in [3.05, 3.63) is 46.6 Å². The Bertz CT molecular complexity index is 1210. The van der Waals surface area contributed by atoms with Crippen molar-refractivity contribution in [3.63, 3.8) is 0 Å². The van der Waals surface area contributed by atoms with E-state index < -0.39 is 11.8 Å². The molecule has 2 amide bonds. The molecule has 2 atom stereocenters. The molecule has 0 bridgehead atoms. The van der Waals surface area contributed by atoms with Gasteiger partial charge in [-0.2, -0.15) is 0 Å². The summed E-state index contributed by atoms with van der Waals surface area (Å²) in [6.07, 6.45) is 4.19. The third kappa shape index (κ3) is 5.37. The number of pyridine rings is 1. The summed E-state index contributed by atoms with van der Waals surface area (Å²) in [7, 11) is 4.12. The Morgan fingerprint density at radius 1 is 1.26 bits per heavy atom. The molecule has 8 nitrogen and oxygen atoms in total. The highest BCUT2D eigenvalue weighted by Gasteiger charge is 2.34. The maximum atomic E-state index is 13.3. The number of benzene rings is 1. The normalized spacial score (nSPS) is 18.4. The molecule has 4 rings (SSSR count). The second kappa shape index (κ2) is 10.1. The van der Waals surface area contributed by atoms with Gasteiger partial charge in [0.05, 0.1) is 33.2 Å². The molecule has 1 saturated heterocycles. The molecule has 1 aliphatic heterocycles. The van der Waals surface area contributed by atoms with Crippen molar-refractivity contribution in [2.45, 2.75) is 39.2 Å². The fraction of sp³-hybridized carbons (Fsp3) is 0.440. The maximum Gasteiger partial charge on any atom is 0.313 e. The fourth-order valence-electron chi connectivity index (χ4n) is 4.32. The molecule has 3 aromatic rings. The van der Waals surface area contributed by atoms with E-state index in [1.807, 2.05) is 6.92 Å². The number of rotatable bonds is 5. The zero-order chi connectivity index (χ0) is 24.4. The van der Waals surface area contributed by atoms with E-state index >= 15 is 0 Å². The van der Waals surface area contributed by atoms with E-state index in [0.717, 1.165) is 52.2 Å². The smallest absolute Gasteiger partial charge is 0.313 e. The second-order valence-electron chi connectivity index (χ2n) is 9.42. The molecule has 2 aromatic heterocycles. The van der Waals surface area contributed by atoms with Gasteiger partial charge in [-0.25, -0.2) is 9.97 Å². The van der Waals surface area contributed by atoms with Crippen LogP contribution in [0.15, 0.2) is 30.5 Å². The van der Waals surface area contributed by atoms with Gasteiger partial charge in [-0.1, -0.05) is 13.0 Å². The molecule has 0 unspecified atom stereocenters. The molecule has 0 spiro atoms. The predicted molar refractivity (Wildman–Crippen MR) is 137 cm³/mol. The monoisotopic (exact) mass is 480 g/mol. The van der Waals surface area contributed by atoms with Crippen LogP contribution < -0.4 is 11.1 Å². The zero-order valence-electron chi connectivity index (χ0n) is 20.2. The number of aryl methyl sites for hydroxylation is 1. The second-order valence-corrected chi connectivity index (χ2v) is 10.5. The fourth-order valence-corrected chi connectivity index (χ4v) is 5.25. The third-order valence-corrected chi connectivity index (χ3v) is 7.36. The van der Waals surface area contributed by atoms with Crippen molar-refractivity contribution < 1.29 is 9.59 Å². The quantitative estimate of drug-likeness (QED) is 0.541. The number of fused-ring (bicyclic) bond motifs is 1. The number of piperidine rings is 1. The van der Waals surface area contributed by atoms with Crippen molar-refractivity contribution in [2.24, 2.45) is 5.92 Å². The molecule has 0 saturated carbocycles. The number of amides is 2. The molecule has 3 N–H and O–H groups in total. The van der Waals surface area contributed by atoms with Gasteiger partial charge in [0, 0.05) is 19.5 Å². The van der Waals surface area contributed by atoms with Gasteiger partial charge in [0.25, 0.3) is 0 Å². The van der Waals surface area contributed by atoms with Crippen molar-refractivity contribution in [3.8, 4) is 0 Å². The zero-order valence-corrected chi connectivity index (χ0v) is 21.0. The van der Waals surface area contributed by atoms with Gasteiger partial charge < -0.3 is 20.9 Å². The highest BCUT2D eigenvalue weighted by molar-refractivity contribution is 7.18. The van der Waals surface area contributed by atoms with Crippen LogP contribution in [0.25, 0.3) is 10.2 Å². The number of carbonyl (C=O) groups excluding carboxylic acids is 2. The Kier molecular flexibility index (Phi) is 7.13. The lowest BCUT2D eigenvalue weighted by molar-refractivity contribution is -0.146. The van der Waals surface area contributed by atoms with Crippen LogP contribution >= 0.6 is 11.3 Å². The average Bonchev–Trinajstić information content (AvgIpc) is 3.21. The van der Waals surface area contributed by atoms with E-state index in [4.69, 9.17) is 10.7 Å². The number of aromatic nitrogens is 2. The summed E-state index contributed by atoms with van der Waals surface area (Å²) < 4.78 is 1.14. The van der Waals surface area contributed by atoms with E-state index in [1.165, 1.54) is 6.20 Å². The summed E-state index contributed by atoms with van der Waals surface area (Å²) in [4.78, 5) is 38.9. The summed E-state index contributed by atoms with van der Waals surface area (Å²) in [6, 6.07) is 7.80. The number of likely N-dealkylation sites (tertiary alicyclic amines) is 1. The van der Waals surface area contributed by atoms with Crippen molar-refractivity contribution in [2.75, 3.05) is 38.2 Å². The van der Waals surface area contributed by atoms with Gasteiger partial charge in [-0.15, -0.1) is 11.3 Å². The number of anilines is 2. The number of likely N-dealkylation sites (N-methyl/N-ethyl adjacent to an activating group) is 1. The van der Waals surface area contributed by atoms with Crippen LogP contribution in [0.2, 0.25) is 0 Å². The first-order valence-electron chi connectivity index (χ1n) is 11.6. The lowest BCUT2D eigenvalue weighted by Gasteiger charge is -2.38. The van der Waals surface area contributed by atoms with E-state index in [-0.39, 0.29) is 6.04 Å². The molecule has 3 heterocycles. The number of carbonyl (C=O) groups is 2. The van der Waals surface area contributed by atoms with Gasteiger partial charge in [-0.05, 0) is 69.1 Å². The molecule has 180 valence electrons. The van der Waals surface area contributed by atoms with E-state index in [1.54, 1.807) is 22.3 Å². The highest BCUT2D eigenvalue weighted by atomic mass is 32.1. The van der Waals surface area contributed by atoms with Crippen LogP contribution in [-0.4, -0.2) is 58.8 Å². The number of nitrogen functional groups attached to an aromatic ring is 1. The first-order valence-corrected chi connectivity index (χ1v) is 12.4. The Morgan fingerprint density at radius 3 is 2.79 bits per heavy atom. The van der Waals surface area contributed by atoms with Crippen molar-refractivity contribution >= 4 is 44.9 Å². The standard InChI is InChI=1S/C25H32N6O2S/c1-15-5-7-20(17-6-8-21-19(12-17)29-22(34-21)9-10-30(3)4)31(14-15)25(33)24(32)28-18-11-16(2)23(26)27-13-18/h6,8,11-13,15,20H,5,7,9-10,14H2,1-4H3,(H2,26,27)(H,28,32)/t15-,20+/m1/s1. The summed E-state index contributed by atoms with van der Waals surface area (Å²) in [6.45, 7) is 5.41. The number of nitrogens with zero attached hydrogens (tertiary/aromatic N) is 4. The molecule has 1 fully saturated rings. The van der Waals surface area contributed by atoms with Gasteiger partial charge in [0.15, 0.2) is 0 Å².